The van der Waals surface area contributed by atoms with Crippen LogP contribution in [-0.4, -0.2) is 51.5 Å². The van der Waals surface area contributed by atoms with Gasteiger partial charge in [-0.25, -0.2) is 8.42 Å². The SMILES string of the molecule is CCCCOCCCNC(=O)C1CCN(S(=O)(=O)c2cccs2)CC1. The number of rotatable bonds is 10. The Hall–Kier alpha value is -0.960. The summed E-state index contributed by atoms with van der Waals surface area (Å²) in [7, 11) is -3.40. The Balaban J connectivity index is 1.67. The minimum atomic E-state index is -3.40. The topological polar surface area (TPSA) is 75.7 Å². The Labute approximate surface area is 154 Å². The van der Waals surface area contributed by atoms with Gasteiger partial charge in [-0.1, -0.05) is 19.4 Å². The summed E-state index contributed by atoms with van der Waals surface area (Å²) in [6, 6.07) is 3.37. The number of hydrogen-bond donors (Lipinski definition) is 1. The molecule has 0 radical (unpaired) electrons. The van der Waals surface area contributed by atoms with E-state index in [1.165, 1.54) is 15.6 Å². The largest absolute Gasteiger partial charge is 0.381 e. The highest BCUT2D eigenvalue weighted by Gasteiger charge is 2.32. The molecule has 1 saturated heterocycles. The number of unbranched alkanes of at least 4 members (excludes halogenated alkanes) is 1. The fourth-order valence-electron chi connectivity index (χ4n) is 2.77. The Morgan fingerprint density at radius 3 is 2.68 bits per heavy atom. The number of nitrogens with zero attached hydrogens (tertiary/aromatic N) is 1. The molecule has 2 heterocycles. The van der Waals surface area contributed by atoms with E-state index >= 15 is 0 Å². The highest BCUT2D eigenvalue weighted by atomic mass is 32.2. The van der Waals surface area contributed by atoms with Crippen LogP contribution in [-0.2, 0) is 19.6 Å². The lowest BCUT2D eigenvalue weighted by Crippen LogP contribution is -2.43. The van der Waals surface area contributed by atoms with E-state index in [0.717, 1.165) is 25.9 Å². The van der Waals surface area contributed by atoms with Crippen LogP contribution >= 0.6 is 11.3 Å². The van der Waals surface area contributed by atoms with Crippen molar-refractivity contribution < 1.29 is 17.9 Å². The molecular weight excluding hydrogens is 360 g/mol. The number of amides is 1. The van der Waals surface area contributed by atoms with Crippen molar-refractivity contribution in [1.29, 1.82) is 0 Å². The van der Waals surface area contributed by atoms with Gasteiger partial charge in [-0.2, -0.15) is 4.31 Å². The summed E-state index contributed by atoms with van der Waals surface area (Å²) in [5.41, 5.74) is 0. The molecule has 0 saturated carbocycles. The third-order valence-corrected chi connectivity index (χ3v) is 7.59. The molecule has 6 nitrogen and oxygen atoms in total. The predicted octanol–water partition coefficient (Wildman–Crippen LogP) is 2.47. The van der Waals surface area contributed by atoms with Crippen molar-refractivity contribution in [3.63, 3.8) is 0 Å². The van der Waals surface area contributed by atoms with E-state index in [2.05, 4.69) is 12.2 Å². The van der Waals surface area contributed by atoms with Gasteiger partial charge in [0.05, 0.1) is 0 Å². The summed E-state index contributed by atoms with van der Waals surface area (Å²) in [5, 5.41) is 4.70. The Kier molecular flexibility index (Phi) is 8.35. The van der Waals surface area contributed by atoms with Gasteiger partial charge in [0.2, 0.25) is 5.91 Å². The minimum Gasteiger partial charge on any atom is -0.381 e. The van der Waals surface area contributed by atoms with Gasteiger partial charge in [0, 0.05) is 38.8 Å². The molecule has 0 unspecified atom stereocenters. The highest BCUT2D eigenvalue weighted by molar-refractivity contribution is 7.91. The van der Waals surface area contributed by atoms with Gasteiger partial charge in [0.1, 0.15) is 4.21 Å². The monoisotopic (exact) mass is 388 g/mol. The highest BCUT2D eigenvalue weighted by Crippen LogP contribution is 2.26. The van der Waals surface area contributed by atoms with E-state index < -0.39 is 10.0 Å². The lowest BCUT2D eigenvalue weighted by atomic mass is 9.97. The molecule has 0 atom stereocenters. The number of carbonyl (C=O) groups excluding carboxylic acids is 1. The summed E-state index contributed by atoms with van der Waals surface area (Å²) in [6.07, 6.45) is 4.14. The Morgan fingerprint density at radius 1 is 1.32 bits per heavy atom. The first-order chi connectivity index (χ1) is 12.1. The minimum absolute atomic E-state index is 0.0294. The van der Waals surface area contributed by atoms with Crippen molar-refractivity contribution in [2.75, 3.05) is 32.8 Å². The number of sulfonamides is 1. The first kappa shape index (κ1) is 20.4. The molecule has 0 aromatic carbocycles. The maximum absolute atomic E-state index is 12.5. The van der Waals surface area contributed by atoms with Gasteiger partial charge in [-0.05, 0) is 37.1 Å². The molecule has 1 aliphatic rings. The van der Waals surface area contributed by atoms with Gasteiger partial charge in [0.15, 0.2) is 0 Å². The zero-order valence-electron chi connectivity index (χ0n) is 14.8. The number of hydrogen-bond acceptors (Lipinski definition) is 5. The molecule has 0 spiro atoms. The molecule has 1 amide bonds. The molecule has 142 valence electrons. The van der Waals surface area contributed by atoms with Crippen LogP contribution in [0.1, 0.15) is 39.0 Å². The maximum Gasteiger partial charge on any atom is 0.252 e. The predicted molar refractivity (Wildman–Crippen MR) is 99.2 cm³/mol. The van der Waals surface area contributed by atoms with Crippen molar-refractivity contribution in [3.8, 4) is 0 Å². The van der Waals surface area contributed by atoms with Crippen molar-refractivity contribution >= 4 is 27.3 Å². The van der Waals surface area contributed by atoms with E-state index in [1.807, 2.05) is 0 Å². The molecule has 1 aliphatic heterocycles. The van der Waals surface area contributed by atoms with Crippen LogP contribution in [0, 0.1) is 5.92 Å². The van der Waals surface area contributed by atoms with Crippen LogP contribution in [0.4, 0.5) is 0 Å². The van der Waals surface area contributed by atoms with Crippen LogP contribution in [0.25, 0.3) is 0 Å². The van der Waals surface area contributed by atoms with Gasteiger partial charge >= 0.3 is 0 Å². The molecule has 8 heteroatoms. The Morgan fingerprint density at radius 2 is 2.04 bits per heavy atom. The average Bonchev–Trinajstić information content (AvgIpc) is 3.16. The molecule has 25 heavy (non-hydrogen) atoms. The van der Waals surface area contributed by atoms with Crippen molar-refractivity contribution in [1.82, 2.24) is 9.62 Å². The normalized spacial score (nSPS) is 16.8. The first-order valence-corrected chi connectivity index (χ1v) is 11.3. The second-order valence-corrected chi connectivity index (χ2v) is 9.33. The van der Waals surface area contributed by atoms with Gasteiger partial charge in [-0.15, -0.1) is 11.3 Å². The molecule has 1 fully saturated rings. The summed E-state index contributed by atoms with van der Waals surface area (Å²) in [5.74, 6) is -0.0717. The summed E-state index contributed by atoms with van der Waals surface area (Å²) >= 11 is 1.23. The van der Waals surface area contributed by atoms with Crippen LogP contribution < -0.4 is 5.32 Å². The molecule has 1 aromatic heterocycles. The van der Waals surface area contributed by atoms with Gasteiger partial charge in [-0.3, -0.25) is 4.79 Å². The number of ether oxygens (including phenoxy) is 1. The third kappa shape index (κ3) is 6.06. The van der Waals surface area contributed by atoms with Crippen LogP contribution in [0.5, 0.6) is 0 Å². The van der Waals surface area contributed by atoms with Gasteiger partial charge < -0.3 is 10.1 Å². The first-order valence-electron chi connectivity index (χ1n) is 8.94. The van der Waals surface area contributed by atoms with E-state index in [9.17, 15) is 13.2 Å². The summed E-state index contributed by atoms with van der Waals surface area (Å²) < 4.78 is 32.3. The van der Waals surface area contributed by atoms with Crippen molar-refractivity contribution in [2.24, 2.45) is 5.92 Å². The number of thiophene rings is 1. The van der Waals surface area contributed by atoms with Crippen LogP contribution in [0.2, 0.25) is 0 Å². The van der Waals surface area contributed by atoms with Crippen LogP contribution in [0.15, 0.2) is 21.7 Å². The fraction of sp³-hybridized carbons (Fsp3) is 0.706. The second-order valence-electron chi connectivity index (χ2n) is 6.22. The molecule has 1 aromatic rings. The zero-order valence-corrected chi connectivity index (χ0v) is 16.4. The summed E-state index contributed by atoms with van der Waals surface area (Å²) in [4.78, 5) is 12.2. The van der Waals surface area contributed by atoms with Crippen molar-refractivity contribution in [2.45, 2.75) is 43.2 Å². The standard InChI is InChI=1S/C17H28N2O4S2/c1-2-3-12-23-13-5-9-18-17(20)15-7-10-19(11-8-15)25(21,22)16-6-4-14-24-16/h4,6,14-15H,2-3,5,7-13H2,1H3,(H,18,20). The maximum atomic E-state index is 12.5. The van der Waals surface area contributed by atoms with Crippen molar-refractivity contribution in [3.05, 3.63) is 17.5 Å². The quantitative estimate of drug-likeness (QED) is 0.625. The van der Waals surface area contributed by atoms with E-state index in [0.29, 0.717) is 43.3 Å². The number of carbonyl (C=O) groups is 1. The molecule has 1 N–H and O–H groups in total. The number of piperidine rings is 1. The second kappa shape index (κ2) is 10.3. The molecular formula is C17H28N2O4S2. The lowest BCUT2D eigenvalue weighted by Gasteiger charge is -2.30. The van der Waals surface area contributed by atoms with E-state index in [1.54, 1.807) is 17.5 Å². The van der Waals surface area contributed by atoms with Gasteiger partial charge in [0.25, 0.3) is 10.0 Å². The average molecular weight is 389 g/mol. The number of nitrogens with one attached hydrogen (secondary N) is 1. The van der Waals surface area contributed by atoms with E-state index in [4.69, 9.17) is 4.74 Å². The zero-order chi connectivity index (χ0) is 18.1. The summed E-state index contributed by atoms with van der Waals surface area (Å²) in [6.45, 7) is 4.98. The molecule has 0 aliphatic carbocycles. The Bertz CT molecular complexity index is 609. The lowest BCUT2D eigenvalue weighted by molar-refractivity contribution is -0.126. The molecule has 2 rings (SSSR count). The van der Waals surface area contributed by atoms with Crippen LogP contribution in [0.3, 0.4) is 0 Å². The van der Waals surface area contributed by atoms with E-state index in [-0.39, 0.29) is 11.8 Å². The third-order valence-electron chi connectivity index (χ3n) is 4.32. The smallest absolute Gasteiger partial charge is 0.252 e. The fourth-order valence-corrected chi connectivity index (χ4v) is 5.39. The molecule has 0 bridgehead atoms.